The number of carbonyl (C=O) groups is 1. The van der Waals surface area contributed by atoms with E-state index in [2.05, 4.69) is 72.0 Å². The molecule has 1 amide bonds. The molecule has 0 radical (unpaired) electrons. The van der Waals surface area contributed by atoms with Gasteiger partial charge in [-0.2, -0.15) is 0 Å². The summed E-state index contributed by atoms with van der Waals surface area (Å²) in [5.41, 5.74) is 6.41. The van der Waals surface area contributed by atoms with E-state index in [4.69, 9.17) is 4.98 Å². The van der Waals surface area contributed by atoms with Crippen LogP contribution in [0.4, 0.5) is 5.82 Å². The third kappa shape index (κ3) is 6.16. The summed E-state index contributed by atoms with van der Waals surface area (Å²) in [6.45, 7) is 2.09. The Balaban J connectivity index is 1.45. The number of nitrogens with one attached hydrogen (secondary N) is 1. The minimum Gasteiger partial charge on any atom is -0.311 e. The smallest absolute Gasteiger partial charge is 0.225 e. The molecule has 0 saturated carbocycles. The number of hydrogen-bond acceptors (Lipinski definition) is 5. The van der Waals surface area contributed by atoms with Gasteiger partial charge in [0.1, 0.15) is 10.8 Å². The molecule has 0 atom stereocenters. The Morgan fingerprint density at radius 3 is 2.46 bits per heavy atom. The van der Waals surface area contributed by atoms with E-state index in [0.29, 0.717) is 18.7 Å². The normalized spacial score (nSPS) is 10.9. The number of aromatic nitrogens is 2. The molecule has 4 nitrogen and oxygen atoms in total. The maximum absolute atomic E-state index is 12.6. The molecule has 2 heterocycles. The van der Waals surface area contributed by atoms with Crippen molar-refractivity contribution >= 4 is 34.8 Å². The highest BCUT2D eigenvalue weighted by Gasteiger charge is 2.17. The van der Waals surface area contributed by atoms with Gasteiger partial charge in [-0.1, -0.05) is 66.2 Å². The van der Waals surface area contributed by atoms with Gasteiger partial charge in [0.15, 0.2) is 0 Å². The van der Waals surface area contributed by atoms with Crippen LogP contribution in [0, 0.1) is 6.92 Å². The zero-order chi connectivity index (χ0) is 25.6. The topological polar surface area (TPSA) is 54.9 Å². The lowest BCUT2D eigenvalue weighted by Gasteiger charge is -2.08. The molecule has 2 aromatic heterocycles. The quantitative estimate of drug-likeness (QED) is 0.209. The largest absolute Gasteiger partial charge is 0.311 e. The maximum Gasteiger partial charge on any atom is 0.225 e. The van der Waals surface area contributed by atoms with E-state index in [-0.39, 0.29) is 5.91 Å². The van der Waals surface area contributed by atoms with Gasteiger partial charge in [0.25, 0.3) is 0 Å². The van der Waals surface area contributed by atoms with Crippen molar-refractivity contribution in [3.63, 3.8) is 0 Å². The number of thiazole rings is 1. The number of amides is 1. The van der Waals surface area contributed by atoms with Crippen molar-refractivity contribution in [1.29, 1.82) is 0 Å². The van der Waals surface area contributed by atoms with Gasteiger partial charge < -0.3 is 5.32 Å². The van der Waals surface area contributed by atoms with Gasteiger partial charge in [0.2, 0.25) is 5.91 Å². The molecule has 37 heavy (non-hydrogen) atoms. The summed E-state index contributed by atoms with van der Waals surface area (Å²) in [6.07, 6.45) is 4.92. The molecule has 0 fully saturated rings. The highest BCUT2D eigenvalue weighted by molar-refractivity contribution is 7.98. The van der Waals surface area contributed by atoms with Crippen LogP contribution in [0.15, 0.2) is 102 Å². The van der Waals surface area contributed by atoms with E-state index in [0.717, 1.165) is 37.8 Å². The Kier molecular flexibility index (Phi) is 7.78. The van der Waals surface area contributed by atoms with Crippen molar-refractivity contribution in [2.24, 2.45) is 0 Å². The number of rotatable bonds is 8. The molecule has 1 N–H and O–H groups in total. The van der Waals surface area contributed by atoms with Crippen LogP contribution in [0.25, 0.3) is 32.3 Å². The molecule has 3 aromatic carbocycles. The standard InChI is InChI=1S/C31H27N3OS2/c1-21-7-6-10-24(19-21)29-30(37-31(34-29)23-12-14-26(36-2)15-13-23)25-17-18-32-27(20-25)33-28(35)16-11-22-8-4-3-5-9-22/h3-10,12-15,17-20H,11,16H2,1-2H3,(H,32,33,35). The Hall–Kier alpha value is -3.74. The lowest BCUT2D eigenvalue weighted by Crippen LogP contribution is -2.13. The van der Waals surface area contributed by atoms with Crippen molar-refractivity contribution in [1.82, 2.24) is 9.97 Å². The molecule has 5 aromatic rings. The Bertz CT molecular complexity index is 1510. The third-order valence-corrected chi connectivity index (χ3v) is 7.93. The fourth-order valence-electron chi connectivity index (χ4n) is 4.11. The molecule has 0 spiro atoms. The minimum atomic E-state index is -0.0497. The second-order valence-corrected chi connectivity index (χ2v) is 10.6. The molecule has 6 heteroatoms. The Morgan fingerprint density at radius 2 is 1.70 bits per heavy atom. The van der Waals surface area contributed by atoms with Crippen molar-refractivity contribution in [3.05, 3.63) is 108 Å². The first-order chi connectivity index (χ1) is 18.1. The van der Waals surface area contributed by atoms with Gasteiger partial charge in [-0.25, -0.2) is 9.97 Å². The fraction of sp³-hybridized carbons (Fsp3) is 0.129. The molecule has 5 rings (SSSR count). The van der Waals surface area contributed by atoms with Crippen molar-refractivity contribution in [3.8, 4) is 32.3 Å². The highest BCUT2D eigenvalue weighted by atomic mass is 32.2. The van der Waals surface area contributed by atoms with Gasteiger partial charge in [-0.15, -0.1) is 23.1 Å². The number of anilines is 1. The predicted octanol–water partition coefficient (Wildman–Crippen LogP) is 8.14. The van der Waals surface area contributed by atoms with Crippen LogP contribution < -0.4 is 5.32 Å². The number of nitrogens with zero attached hydrogens (tertiary/aromatic N) is 2. The van der Waals surface area contributed by atoms with Gasteiger partial charge in [0, 0.05) is 28.6 Å². The van der Waals surface area contributed by atoms with E-state index < -0.39 is 0 Å². The van der Waals surface area contributed by atoms with Crippen LogP contribution >= 0.6 is 23.1 Å². The zero-order valence-corrected chi connectivity index (χ0v) is 22.4. The average Bonchev–Trinajstić information content (AvgIpc) is 3.38. The van der Waals surface area contributed by atoms with Gasteiger partial charge in [0.05, 0.1) is 10.6 Å². The third-order valence-electron chi connectivity index (χ3n) is 6.03. The number of thioether (sulfide) groups is 1. The Labute approximate surface area is 225 Å². The molecule has 184 valence electrons. The minimum absolute atomic E-state index is 0.0497. The van der Waals surface area contributed by atoms with Crippen molar-refractivity contribution < 1.29 is 4.79 Å². The second-order valence-electron chi connectivity index (χ2n) is 8.76. The molecule has 0 unspecified atom stereocenters. The summed E-state index contributed by atoms with van der Waals surface area (Å²) >= 11 is 3.38. The summed E-state index contributed by atoms with van der Waals surface area (Å²) in [7, 11) is 0. The SMILES string of the molecule is CSc1ccc(-c2nc(-c3cccc(C)c3)c(-c3ccnc(NC(=O)CCc4ccccc4)c3)s2)cc1. The van der Waals surface area contributed by atoms with E-state index in [9.17, 15) is 4.79 Å². The van der Waals surface area contributed by atoms with Crippen molar-refractivity contribution in [2.45, 2.75) is 24.7 Å². The second kappa shape index (κ2) is 11.5. The van der Waals surface area contributed by atoms with Gasteiger partial charge in [-0.3, -0.25) is 4.79 Å². The first-order valence-corrected chi connectivity index (χ1v) is 14.2. The highest BCUT2D eigenvalue weighted by Crippen LogP contribution is 2.41. The lowest BCUT2D eigenvalue weighted by atomic mass is 10.1. The molecular weight excluding hydrogens is 494 g/mol. The Morgan fingerprint density at radius 1 is 0.892 bits per heavy atom. The maximum atomic E-state index is 12.6. The first-order valence-electron chi connectivity index (χ1n) is 12.1. The van der Waals surface area contributed by atoms with E-state index in [1.807, 2.05) is 42.5 Å². The monoisotopic (exact) mass is 521 g/mol. The molecule has 0 bridgehead atoms. The van der Waals surface area contributed by atoms with Crippen LogP contribution in [0.1, 0.15) is 17.5 Å². The van der Waals surface area contributed by atoms with Crippen LogP contribution in [-0.2, 0) is 11.2 Å². The van der Waals surface area contributed by atoms with Crippen LogP contribution in [0.3, 0.4) is 0 Å². The number of benzene rings is 3. The first kappa shape index (κ1) is 24.9. The predicted molar refractivity (Wildman–Crippen MR) is 156 cm³/mol. The van der Waals surface area contributed by atoms with E-state index >= 15 is 0 Å². The van der Waals surface area contributed by atoms with Crippen LogP contribution in [-0.4, -0.2) is 22.1 Å². The van der Waals surface area contributed by atoms with E-state index in [1.54, 1.807) is 29.3 Å². The number of hydrogen-bond donors (Lipinski definition) is 1. The molecule has 0 aliphatic rings. The lowest BCUT2D eigenvalue weighted by molar-refractivity contribution is -0.116. The van der Waals surface area contributed by atoms with Gasteiger partial charge >= 0.3 is 0 Å². The van der Waals surface area contributed by atoms with E-state index in [1.165, 1.54) is 10.5 Å². The molecule has 0 aliphatic heterocycles. The summed E-state index contributed by atoms with van der Waals surface area (Å²) in [6, 6.07) is 30.9. The summed E-state index contributed by atoms with van der Waals surface area (Å²) < 4.78 is 0. The number of carbonyl (C=O) groups excluding carboxylic acids is 1. The number of aryl methyl sites for hydroxylation is 2. The summed E-state index contributed by atoms with van der Waals surface area (Å²) in [4.78, 5) is 24.4. The number of pyridine rings is 1. The van der Waals surface area contributed by atoms with Crippen molar-refractivity contribution in [2.75, 3.05) is 11.6 Å². The van der Waals surface area contributed by atoms with Crippen LogP contribution in [0.5, 0.6) is 0 Å². The summed E-state index contributed by atoms with van der Waals surface area (Å²) in [5.74, 6) is 0.497. The molecular formula is C31H27N3OS2. The fourth-order valence-corrected chi connectivity index (χ4v) is 5.61. The summed E-state index contributed by atoms with van der Waals surface area (Å²) in [5, 5.41) is 3.94. The average molecular weight is 522 g/mol. The molecule has 0 saturated heterocycles. The van der Waals surface area contributed by atoms with Crippen LogP contribution in [0.2, 0.25) is 0 Å². The molecule has 0 aliphatic carbocycles. The van der Waals surface area contributed by atoms with Gasteiger partial charge in [-0.05, 0) is 61.1 Å². The zero-order valence-electron chi connectivity index (χ0n) is 20.8.